The van der Waals surface area contributed by atoms with E-state index in [9.17, 15) is 9.59 Å². The van der Waals surface area contributed by atoms with Crippen LogP contribution in [0, 0.1) is 0 Å². The molecule has 0 bridgehead atoms. The van der Waals surface area contributed by atoms with Crippen molar-refractivity contribution in [2.24, 2.45) is 4.99 Å². The van der Waals surface area contributed by atoms with Gasteiger partial charge in [-0.15, -0.1) is 11.8 Å². The van der Waals surface area contributed by atoms with Gasteiger partial charge in [-0.2, -0.15) is 0 Å². The van der Waals surface area contributed by atoms with Gasteiger partial charge < -0.3 is 0 Å². The van der Waals surface area contributed by atoms with Gasteiger partial charge in [0.05, 0.1) is 11.9 Å². The standard InChI is InChI=1S/C11H14N2O2S/c1-7(14)13(8(2)15)9-3-4-10-11(5-9)16-6-12-10/h5,9H,3-4,6H2,1-2H3. The van der Waals surface area contributed by atoms with Crippen LogP contribution in [0.3, 0.4) is 0 Å². The Balaban J connectivity index is 2.22. The highest BCUT2D eigenvalue weighted by Crippen LogP contribution is 2.32. The molecule has 5 heteroatoms. The number of hydrogen-bond donors (Lipinski definition) is 0. The van der Waals surface area contributed by atoms with Crippen LogP contribution in [-0.2, 0) is 9.59 Å². The van der Waals surface area contributed by atoms with E-state index < -0.39 is 0 Å². The van der Waals surface area contributed by atoms with Gasteiger partial charge in [0.1, 0.15) is 0 Å². The van der Waals surface area contributed by atoms with Gasteiger partial charge >= 0.3 is 0 Å². The minimum absolute atomic E-state index is 0.0884. The third-order valence-corrected chi connectivity index (χ3v) is 3.73. The van der Waals surface area contributed by atoms with Crippen molar-refractivity contribution in [2.45, 2.75) is 32.7 Å². The van der Waals surface area contributed by atoms with Crippen molar-refractivity contribution in [1.82, 2.24) is 4.90 Å². The minimum Gasteiger partial charge on any atom is -0.277 e. The topological polar surface area (TPSA) is 49.7 Å². The van der Waals surface area contributed by atoms with Gasteiger partial charge in [0.25, 0.3) is 0 Å². The Hall–Kier alpha value is -1.10. The molecule has 1 heterocycles. The number of amides is 2. The molecule has 1 atom stereocenters. The number of aliphatic imine (C=N–C) groups is 1. The van der Waals surface area contributed by atoms with Crippen LogP contribution in [0.1, 0.15) is 26.7 Å². The average molecular weight is 238 g/mol. The van der Waals surface area contributed by atoms with Crippen molar-refractivity contribution in [3.63, 3.8) is 0 Å². The lowest BCUT2D eigenvalue weighted by Gasteiger charge is -2.29. The molecular formula is C11H14N2O2S. The van der Waals surface area contributed by atoms with Crippen LogP contribution in [0.4, 0.5) is 0 Å². The summed E-state index contributed by atoms with van der Waals surface area (Å²) in [5.74, 6) is 0.407. The lowest BCUT2D eigenvalue weighted by atomic mass is 9.99. The van der Waals surface area contributed by atoms with E-state index in [0.717, 1.165) is 29.3 Å². The van der Waals surface area contributed by atoms with Crippen molar-refractivity contribution in [1.29, 1.82) is 0 Å². The summed E-state index contributed by atoms with van der Waals surface area (Å²) in [5.41, 5.74) is 1.13. The Morgan fingerprint density at radius 1 is 1.44 bits per heavy atom. The molecular weight excluding hydrogens is 224 g/mol. The molecule has 2 rings (SSSR count). The van der Waals surface area contributed by atoms with Crippen LogP contribution in [0.25, 0.3) is 0 Å². The van der Waals surface area contributed by atoms with Crippen LogP contribution >= 0.6 is 11.8 Å². The Morgan fingerprint density at radius 3 is 2.75 bits per heavy atom. The number of thioether (sulfide) groups is 1. The van der Waals surface area contributed by atoms with E-state index in [2.05, 4.69) is 4.99 Å². The molecule has 2 amide bonds. The van der Waals surface area contributed by atoms with E-state index in [-0.39, 0.29) is 17.9 Å². The number of fused-ring (bicyclic) bond motifs is 1. The number of hydrogen-bond acceptors (Lipinski definition) is 4. The van der Waals surface area contributed by atoms with Crippen molar-refractivity contribution in [3.05, 3.63) is 11.0 Å². The maximum atomic E-state index is 11.4. The lowest BCUT2D eigenvalue weighted by molar-refractivity contribution is -0.143. The molecule has 0 radical (unpaired) electrons. The fourth-order valence-electron chi connectivity index (χ4n) is 2.12. The molecule has 0 saturated carbocycles. The summed E-state index contributed by atoms with van der Waals surface area (Å²) in [4.78, 5) is 29.7. The average Bonchev–Trinajstić information content (AvgIpc) is 2.63. The maximum absolute atomic E-state index is 11.4. The highest BCUT2D eigenvalue weighted by atomic mass is 32.2. The summed E-state index contributed by atoms with van der Waals surface area (Å²) in [6.07, 6.45) is 3.66. The second kappa shape index (κ2) is 4.41. The van der Waals surface area contributed by atoms with Gasteiger partial charge in [-0.25, -0.2) is 0 Å². The van der Waals surface area contributed by atoms with E-state index in [1.807, 2.05) is 6.08 Å². The first-order chi connectivity index (χ1) is 7.59. The van der Waals surface area contributed by atoms with E-state index in [4.69, 9.17) is 0 Å². The molecule has 0 aromatic rings. The van der Waals surface area contributed by atoms with Gasteiger partial charge in [0, 0.05) is 24.5 Å². The van der Waals surface area contributed by atoms with Crippen LogP contribution < -0.4 is 0 Å². The molecule has 16 heavy (non-hydrogen) atoms. The first-order valence-corrected chi connectivity index (χ1v) is 6.27. The summed E-state index contributed by atoms with van der Waals surface area (Å²) >= 11 is 1.68. The lowest BCUT2D eigenvalue weighted by Crippen LogP contribution is -2.42. The van der Waals surface area contributed by atoms with Crippen molar-refractivity contribution in [3.8, 4) is 0 Å². The van der Waals surface area contributed by atoms with Gasteiger partial charge in [-0.1, -0.05) is 0 Å². The monoisotopic (exact) mass is 238 g/mol. The summed E-state index contributed by atoms with van der Waals surface area (Å²) in [5, 5.41) is 0. The first-order valence-electron chi connectivity index (χ1n) is 5.28. The smallest absolute Gasteiger partial charge is 0.226 e. The molecule has 4 nitrogen and oxygen atoms in total. The second-order valence-corrected chi connectivity index (χ2v) is 4.91. The molecule has 0 N–H and O–H groups in total. The van der Waals surface area contributed by atoms with Gasteiger partial charge in [-0.3, -0.25) is 19.5 Å². The zero-order valence-corrected chi connectivity index (χ0v) is 10.2. The molecule has 0 aromatic carbocycles. The Morgan fingerprint density at radius 2 is 2.12 bits per heavy atom. The highest BCUT2D eigenvalue weighted by molar-refractivity contribution is 8.04. The van der Waals surface area contributed by atoms with E-state index >= 15 is 0 Å². The zero-order chi connectivity index (χ0) is 11.7. The van der Waals surface area contributed by atoms with Crippen LogP contribution in [0.15, 0.2) is 16.0 Å². The molecule has 1 unspecified atom stereocenters. The predicted molar refractivity (Wildman–Crippen MR) is 64.2 cm³/mol. The highest BCUT2D eigenvalue weighted by Gasteiger charge is 2.29. The maximum Gasteiger partial charge on any atom is 0.226 e. The van der Waals surface area contributed by atoms with Crippen LogP contribution in [-0.4, -0.2) is 34.3 Å². The van der Waals surface area contributed by atoms with Crippen molar-refractivity contribution in [2.75, 3.05) is 5.88 Å². The van der Waals surface area contributed by atoms with Crippen molar-refractivity contribution < 1.29 is 9.59 Å². The third-order valence-electron chi connectivity index (χ3n) is 2.79. The number of allylic oxidation sites excluding steroid dienone is 1. The number of carbonyl (C=O) groups excluding carboxylic acids is 2. The second-order valence-electron chi connectivity index (χ2n) is 3.92. The van der Waals surface area contributed by atoms with Gasteiger partial charge in [-0.05, 0) is 18.9 Å². The third kappa shape index (κ3) is 2.04. The Labute approximate surface area is 98.8 Å². The molecule has 0 aromatic heterocycles. The molecule has 2 aliphatic rings. The number of carbonyl (C=O) groups is 2. The molecule has 1 aliphatic carbocycles. The van der Waals surface area contributed by atoms with E-state index in [1.54, 1.807) is 11.8 Å². The summed E-state index contributed by atoms with van der Waals surface area (Å²) in [6.45, 7) is 2.87. The fraction of sp³-hybridized carbons (Fsp3) is 0.545. The Bertz CT molecular complexity index is 387. The minimum atomic E-state index is -0.183. The molecule has 0 saturated heterocycles. The predicted octanol–water partition coefficient (Wildman–Crippen LogP) is 1.57. The molecule has 1 aliphatic heterocycles. The van der Waals surface area contributed by atoms with E-state index in [1.165, 1.54) is 18.7 Å². The molecule has 0 spiro atoms. The Kier molecular flexibility index (Phi) is 3.14. The fourth-order valence-corrected chi connectivity index (χ4v) is 3.07. The summed E-state index contributed by atoms with van der Waals surface area (Å²) < 4.78 is 0. The SMILES string of the molecule is CC(=O)N(C(C)=O)C1C=C2SCN=C2CC1. The van der Waals surface area contributed by atoms with Crippen molar-refractivity contribution >= 4 is 29.3 Å². The first kappa shape index (κ1) is 11.4. The quantitative estimate of drug-likeness (QED) is 0.696. The number of rotatable bonds is 1. The van der Waals surface area contributed by atoms with Crippen LogP contribution in [0.2, 0.25) is 0 Å². The number of imide groups is 1. The molecule has 86 valence electrons. The normalized spacial score (nSPS) is 23.2. The van der Waals surface area contributed by atoms with Gasteiger partial charge in [0.15, 0.2) is 0 Å². The van der Waals surface area contributed by atoms with E-state index in [0.29, 0.717) is 0 Å². The largest absolute Gasteiger partial charge is 0.277 e. The number of nitrogens with zero attached hydrogens (tertiary/aromatic N) is 2. The summed E-state index contributed by atoms with van der Waals surface area (Å²) in [6, 6.07) is -0.0884. The zero-order valence-electron chi connectivity index (χ0n) is 9.40. The van der Waals surface area contributed by atoms with Crippen LogP contribution in [0.5, 0.6) is 0 Å². The van der Waals surface area contributed by atoms with Gasteiger partial charge in [0.2, 0.25) is 11.8 Å². The molecule has 0 fully saturated rings. The summed E-state index contributed by atoms with van der Waals surface area (Å²) in [7, 11) is 0.